The summed E-state index contributed by atoms with van der Waals surface area (Å²) in [4.78, 5) is 0. The lowest BCUT2D eigenvalue weighted by atomic mass is 9.80. The Morgan fingerprint density at radius 3 is 2.47 bits per heavy atom. The molecule has 2 nitrogen and oxygen atoms in total. The monoisotopic (exact) mass is 272 g/mol. The number of nitrogens with two attached hydrogens (primary N) is 1. The third-order valence-corrected chi connectivity index (χ3v) is 3.96. The summed E-state index contributed by atoms with van der Waals surface area (Å²) in [6.07, 6.45) is -2.50. The standard InChI is InChI=1S/C14H19F3N2/c1-9(10-4-6-19-7-5-10)12-3-2-11(18)8-13(12)14(15,16)17/h2-3,8-10,19H,4-7,18H2,1H3. The number of nitrogens with one attached hydrogen (secondary N) is 1. The van der Waals surface area contributed by atoms with Gasteiger partial charge in [-0.05, 0) is 55.5 Å². The SMILES string of the molecule is CC(c1ccc(N)cc1C(F)(F)F)C1CCNCC1. The number of halogens is 3. The lowest BCUT2D eigenvalue weighted by Crippen LogP contribution is -2.30. The number of piperidine rings is 1. The van der Waals surface area contributed by atoms with Crippen LogP contribution in [0.25, 0.3) is 0 Å². The molecule has 0 saturated carbocycles. The molecule has 1 aromatic rings. The lowest BCUT2D eigenvalue weighted by Gasteiger charge is -2.30. The molecule has 0 bridgehead atoms. The number of rotatable bonds is 2. The highest BCUT2D eigenvalue weighted by Crippen LogP contribution is 2.40. The molecule has 5 heteroatoms. The summed E-state index contributed by atoms with van der Waals surface area (Å²) >= 11 is 0. The number of anilines is 1. The van der Waals surface area contributed by atoms with Crippen molar-refractivity contribution in [3.63, 3.8) is 0 Å². The number of alkyl halides is 3. The van der Waals surface area contributed by atoms with Crippen molar-refractivity contribution in [3.05, 3.63) is 29.3 Å². The Hall–Kier alpha value is -1.23. The smallest absolute Gasteiger partial charge is 0.399 e. The van der Waals surface area contributed by atoms with Crippen LogP contribution in [-0.2, 0) is 6.18 Å². The maximum absolute atomic E-state index is 13.1. The van der Waals surface area contributed by atoms with Crippen molar-refractivity contribution in [3.8, 4) is 0 Å². The van der Waals surface area contributed by atoms with Crippen LogP contribution >= 0.6 is 0 Å². The van der Waals surface area contributed by atoms with E-state index < -0.39 is 11.7 Å². The van der Waals surface area contributed by atoms with E-state index in [1.165, 1.54) is 6.07 Å². The minimum atomic E-state index is -4.34. The van der Waals surface area contributed by atoms with Gasteiger partial charge in [0.1, 0.15) is 0 Å². The van der Waals surface area contributed by atoms with E-state index in [2.05, 4.69) is 5.32 Å². The van der Waals surface area contributed by atoms with Gasteiger partial charge < -0.3 is 11.1 Å². The van der Waals surface area contributed by atoms with Gasteiger partial charge >= 0.3 is 6.18 Å². The maximum atomic E-state index is 13.1. The van der Waals surface area contributed by atoms with Crippen LogP contribution in [0.3, 0.4) is 0 Å². The van der Waals surface area contributed by atoms with E-state index in [-0.39, 0.29) is 11.6 Å². The van der Waals surface area contributed by atoms with Crippen molar-refractivity contribution in [2.75, 3.05) is 18.8 Å². The van der Waals surface area contributed by atoms with Gasteiger partial charge in [-0.1, -0.05) is 13.0 Å². The van der Waals surface area contributed by atoms with Crippen molar-refractivity contribution in [2.45, 2.75) is 31.9 Å². The topological polar surface area (TPSA) is 38.0 Å². The van der Waals surface area contributed by atoms with Gasteiger partial charge in [0.15, 0.2) is 0 Å². The molecule has 0 aliphatic carbocycles. The first-order valence-corrected chi connectivity index (χ1v) is 6.57. The summed E-state index contributed by atoms with van der Waals surface area (Å²) in [6, 6.07) is 4.14. The lowest BCUT2D eigenvalue weighted by molar-refractivity contribution is -0.138. The first kappa shape index (κ1) is 14.2. The normalized spacial score (nSPS) is 19.4. The van der Waals surface area contributed by atoms with E-state index in [1.807, 2.05) is 6.92 Å². The molecule has 1 aliphatic heterocycles. The van der Waals surface area contributed by atoms with Crippen LogP contribution in [0, 0.1) is 5.92 Å². The highest BCUT2D eigenvalue weighted by atomic mass is 19.4. The fourth-order valence-corrected chi connectivity index (χ4v) is 2.81. The molecular weight excluding hydrogens is 253 g/mol. The van der Waals surface area contributed by atoms with E-state index in [1.54, 1.807) is 6.07 Å². The van der Waals surface area contributed by atoms with Crippen LogP contribution in [0.1, 0.15) is 36.8 Å². The van der Waals surface area contributed by atoms with Crippen LogP contribution in [0.5, 0.6) is 0 Å². The average molecular weight is 272 g/mol. The quantitative estimate of drug-likeness (QED) is 0.810. The average Bonchev–Trinajstić information content (AvgIpc) is 2.38. The Labute approximate surface area is 111 Å². The Bertz CT molecular complexity index is 437. The predicted octanol–water partition coefficient (Wildman–Crippen LogP) is 3.39. The molecule has 1 aliphatic rings. The van der Waals surface area contributed by atoms with Gasteiger partial charge in [0.2, 0.25) is 0 Å². The van der Waals surface area contributed by atoms with E-state index in [0.29, 0.717) is 11.5 Å². The highest BCUT2D eigenvalue weighted by Gasteiger charge is 2.36. The van der Waals surface area contributed by atoms with E-state index in [4.69, 9.17) is 5.73 Å². The molecule has 2 rings (SSSR count). The minimum Gasteiger partial charge on any atom is -0.399 e. The van der Waals surface area contributed by atoms with Crippen molar-refractivity contribution in [2.24, 2.45) is 5.92 Å². The fraction of sp³-hybridized carbons (Fsp3) is 0.571. The molecule has 0 aromatic heterocycles. The third-order valence-electron chi connectivity index (χ3n) is 3.96. The van der Waals surface area contributed by atoms with Crippen LogP contribution in [-0.4, -0.2) is 13.1 Å². The van der Waals surface area contributed by atoms with Gasteiger partial charge in [-0.25, -0.2) is 0 Å². The molecule has 106 valence electrons. The molecule has 3 N–H and O–H groups in total. The molecule has 1 unspecified atom stereocenters. The molecule has 1 fully saturated rings. The highest BCUT2D eigenvalue weighted by molar-refractivity contribution is 5.47. The summed E-state index contributed by atoms with van der Waals surface area (Å²) in [6.45, 7) is 3.65. The summed E-state index contributed by atoms with van der Waals surface area (Å²) in [5.41, 5.74) is 5.44. The molecular formula is C14H19F3N2. The van der Waals surface area contributed by atoms with Gasteiger partial charge in [-0.2, -0.15) is 13.2 Å². The molecule has 1 atom stereocenters. The first-order valence-electron chi connectivity index (χ1n) is 6.57. The Morgan fingerprint density at radius 1 is 1.26 bits per heavy atom. The molecule has 0 amide bonds. The zero-order valence-electron chi connectivity index (χ0n) is 10.9. The summed E-state index contributed by atoms with van der Waals surface area (Å²) < 4.78 is 39.3. The van der Waals surface area contributed by atoms with Gasteiger partial charge in [0.25, 0.3) is 0 Å². The number of nitrogen functional groups attached to an aromatic ring is 1. The Morgan fingerprint density at radius 2 is 1.89 bits per heavy atom. The second-order valence-electron chi connectivity index (χ2n) is 5.22. The van der Waals surface area contributed by atoms with Gasteiger partial charge in [0.05, 0.1) is 5.56 Å². The van der Waals surface area contributed by atoms with E-state index in [0.717, 1.165) is 32.0 Å². The predicted molar refractivity (Wildman–Crippen MR) is 69.9 cm³/mol. The van der Waals surface area contributed by atoms with Crippen LogP contribution in [0.4, 0.5) is 18.9 Å². The first-order chi connectivity index (χ1) is 8.89. The van der Waals surface area contributed by atoms with Gasteiger partial charge in [0, 0.05) is 5.69 Å². The fourth-order valence-electron chi connectivity index (χ4n) is 2.81. The van der Waals surface area contributed by atoms with Crippen LogP contribution in [0.15, 0.2) is 18.2 Å². The Kier molecular flexibility index (Phi) is 4.04. The molecule has 0 radical (unpaired) electrons. The molecule has 1 aromatic carbocycles. The number of benzene rings is 1. The zero-order valence-corrected chi connectivity index (χ0v) is 10.9. The van der Waals surface area contributed by atoms with Crippen molar-refractivity contribution >= 4 is 5.69 Å². The summed E-state index contributed by atoms with van der Waals surface area (Å²) in [5.74, 6) is 0.199. The third kappa shape index (κ3) is 3.21. The molecule has 19 heavy (non-hydrogen) atoms. The van der Waals surface area contributed by atoms with Crippen molar-refractivity contribution in [1.82, 2.24) is 5.32 Å². The second kappa shape index (κ2) is 5.41. The number of hydrogen-bond acceptors (Lipinski definition) is 2. The second-order valence-corrected chi connectivity index (χ2v) is 5.22. The largest absolute Gasteiger partial charge is 0.416 e. The summed E-state index contributed by atoms with van der Waals surface area (Å²) in [5, 5.41) is 3.23. The zero-order chi connectivity index (χ0) is 14.0. The molecule has 1 heterocycles. The molecule has 0 spiro atoms. The Balaban J connectivity index is 2.32. The maximum Gasteiger partial charge on any atom is 0.416 e. The number of hydrogen-bond donors (Lipinski definition) is 2. The van der Waals surface area contributed by atoms with E-state index >= 15 is 0 Å². The van der Waals surface area contributed by atoms with Crippen molar-refractivity contribution in [1.29, 1.82) is 0 Å². The van der Waals surface area contributed by atoms with Crippen molar-refractivity contribution < 1.29 is 13.2 Å². The van der Waals surface area contributed by atoms with Crippen LogP contribution in [0.2, 0.25) is 0 Å². The minimum absolute atomic E-state index is 0.0978. The van der Waals surface area contributed by atoms with E-state index in [9.17, 15) is 13.2 Å². The van der Waals surface area contributed by atoms with Gasteiger partial charge in [-0.15, -0.1) is 0 Å². The van der Waals surface area contributed by atoms with Crippen LogP contribution < -0.4 is 11.1 Å². The molecule has 1 saturated heterocycles. The van der Waals surface area contributed by atoms with Gasteiger partial charge in [-0.3, -0.25) is 0 Å². The summed E-state index contributed by atoms with van der Waals surface area (Å²) in [7, 11) is 0.